The summed E-state index contributed by atoms with van der Waals surface area (Å²) in [6, 6.07) is 5.98. The van der Waals surface area contributed by atoms with Crippen LogP contribution in [0.1, 0.15) is 56.1 Å². The summed E-state index contributed by atoms with van der Waals surface area (Å²) in [7, 11) is 0. The van der Waals surface area contributed by atoms with Gasteiger partial charge >= 0.3 is 0 Å². The highest BCUT2D eigenvalue weighted by atomic mass is 35.5. The van der Waals surface area contributed by atoms with Crippen molar-refractivity contribution in [2.45, 2.75) is 51.9 Å². The molecule has 0 saturated carbocycles. The van der Waals surface area contributed by atoms with Crippen molar-refractivity contribution in [2.75, 3.05) is 0 Å². The van der Waals surface area contributed by atoms with Crippen LogP contribution in [0.5, 0.6) is 0 Å². The Morgan fingerprint density at radius 2 is 2.25 bits per heavy atom. The Balaban J connectivity index is 1.81. The Bertz CT molecular complexity index is 744. The molecule has 1 aromatic heterocycles. The number of nitrogens with one attached hydrogen (secondary N) is 2. The zero-order valence-electron chi connectivity index (χ0n) is 14.1. The fourth-order valence-corrected chi connectivity index (χ4v) is 3.35. The van der Waals surface area contributed by atoms with Crippen molar-refractivity contribution in [1.29, 1.82) is 0 Å². The molecule has 1 aliphatic heterocycles. The van der Waals surface area contributed by atoms with Gasteiger partial charge in [-0.2, -0.15) is 0 Å². The van der Waals surface area contributed by atoms with E-state index >= 15 is 0 Å². The number of amides is 1. The van der Waals surface area contributed by atoms with Crippen molar-refractivity contribution in [3.63, 3.8) is 0 Å². The smallest absolute Gasteiger partial charge is 0.223 e. The Morgan fingerprint density at radius 1 is 1.46 bits per heavy atom. The summed E-state index contributed by atoms with van der Waals surface area (Å²) in [5.41, 5.74) is 2.99. The number of aryl methyl sites for hydroxylation is 1. The van der Waals surface area contributed by atoms with Gasteiger partial charge in [-0.05, 0) is 37.5 Å². The van der Waals surface area contributed by atoms with Crippen LogP contribution in [0.3, 0.4) is 0 Å². The molecular weight excluding hydrogens is 326 g/mol. The first kappa shape index (κ1) is 16.9. The lowest BCUT2D eigenvalue weighted by Crippen LogP contribution is -2.51. The van der Waals surface area contributed by atoms with Crippen molar-refractivity contribution in [2.24, 2.45) is 0 Å². The van der Waals surface area contributed by atoms with Crippen LogP contribution in [0, 0.1) is 0 Å². The van der Waals surface area contributed by atoms with Crippen LogP contribution in [0.4, 0.5) is 0 Å². The molecule has 1 amide bonds. The van der Waals surface area contributed by atoms with Crippen LogP contribution >= 0.6 is 11.6 Å². The molecule has 3 rings (SSSR count). The predicted octanol–water partition coefficient (Wildman–Crippen LogP) is 2.60. The lowest BCUT2D eigenvalue weighted by Gasteiger charge is -2.27. The van der Waals surface area contributed by atoms with E-state index in [1.807, 2.05) is 32.2 Å². The average molecular weight is 348 g/mol. The zero-order chi connectivity index (χ0) is 17.3. The molecular formula is C17H22ClN5O. The standard InChI is InChI=1S/C17H22ClN5O/c1-4-12-5-6-13(14(18)7-12)10(2)23-9-16(21-22-23)15-8-17(24)20-11(3)19-15/h5-7,9-11,15,19H,4,8H2,1-3H3,(H,20,24). The lowest BCUT2D eigenvalue weighted by atomic mass is 10.0. The van der Waals surface area contributed by atoms with Gasteiger partial charge in [0.05, 0.1) is 24.4 Å². The average Bonchev–Trinajstić information content (AvgIpc) is 3.03. The summed E-state index contributed by atoms with van der Waals surface area (Å²) in [6.45, 7) is 6.05. The molecule has 2 N–H and O–H groups in total. The highest BCUT2D eigenvalue weighted by Gasteiger charge is 2.27. The summed E-state index contributed by atoms with van der Waals surface area (Å²) < 4.78 is 1.79. The molecule has 1 saturated heterocycles. The van der Waals surface area contributed by atoms with Gasteiger partial charge in [0.25, 0.3) is 0 Å². The van der Waals surface area contributed by atoms with Crippen LogP contribution in [0.15, 0.2) is 24.4 Å². The van der Waals surface area contributed by atoms with E-state index in [4.69, 9.17) is 11.6 Å². The molecule has 128 valence electrons. The lowest BCUT2D eigenvalue weighted by molar-refractivity contribution is -0.124. The largest absolute Gasteiger partial charge is 0.341 e. The second-order valence-corrected chi connectivity index (χ2v) is 6.63. The van der Waals surface area contributed by atoms with Crippen LogP contribution in [0.2, 0.25) is 5.02 Å². The Hall–Kier alpha value is -1.92. The van der Waals surface area contributed by atoms with Gasteiger partial charge in [-0.3, -0.25) is 10.1 Å². The number of carbonyl (C=O) groups excluding carboxylic acids is 1. The Labute approximate surface area is 146 Å². The number of halogens is 1. The number of hydrogen-bond donors (Lipinski definition) is 2. The number of benzene rings is 1. The molecule has 1 fully saturated rings. The number of nitrogens with zero attached hydrogens (tertiary/aromatic N) is 3. The second kappa shape index (κ2) is 6.91. The van der Waals surface area contributed by atoms with Crippen LogP contribution < -0.4 is 10.6 Å². The second-order valence-electron chi connectivity index (χ2n) is 6.22. The van der Waals surface area contributed by atoms with Gasteiger partial charge in [-0.1, -0.05) is 35.9 Å². The van der Waals surface area contributed by atoms with E-state index in [9.17, 15) is 4.79 Å². The molecule has 24 heavy (non-hydrogen) atoms. The van der Waals surface area contributed by atoms with E-state index in [-0.39, 0.29) is 24.2 Å². The molecule has 2 aromatic rings. The van der Waals surface area contributed by atoms with Gasteiger partial charge in [0.1, 0.15) is 5.69 Å². The summed E-state index contributed by atoms with van der Waals surface area (Å²) >= 11 is 6.42. The third-order valence-corrected chi connectivity index (χ3v) is 4.75. The van der Waals surface area contributed by atoms with E-state index in [1.54, 1.807) is 4.68 Å². The first-order valence-electron chi connectivity index (χ1n) is 8.23. The molecule has 2 heterocycles. The van der Waals surface area contributed by atoms with Gasteiger partial charge in [0, 0.05) is 11.4 Å². The minimum Gasteiger partial charge on any atom is -0.341 e. The summed E-state index contributed by atoms with van der Waals surface area (Å²) in [5, 5.41) is 15.4. The van der Waals surface area contributed by atoms with Crippen LogP contribution in [-0.4, -0.2) is 27.1 Å². The summed E-state index contributed by atoms with van der Waals surface area (Å²) in [6.07, 6.45) is 3.13. The maximum atomic E-state index is 11.7. The van der Waals surface area contributed by atoms with E-state index in [2.05, 4.69) is 33.9 Å². The molecule has 1 aliphatic rings. The molecule has 6 nitrogen and oxygen atoms in total. The molecule has 0 radical (unpaired) electrons. The molecule has 0 aliphatic carbocycles. The first-order valence-corrected chi connectivity index (χ1v) is 8.61. The maximum Gasteiger partial charge on any atom is 0.223 e. The van der Waals surface area contributed by atoms with Crippen molar-refractivity contribution >= 4 is 17.5 Å². The quantitative estimate of drug-likeness (QED) is 0.891. The van der Waals surface area contributed by atoms with Gasteiger partial charge in [0.15, 0.2) is 0 Å². The van der Waals surface area contributed by atoms with Crippen molar-refractivity contribution in [1.82, 2.24) is 25.6 Å². The monoisotopic (exact) mass is 347 g/mol. The Kier molecular flexibility index (Phi) is 4.87. The van der Waals surface area contributed by atoms with Crippen LogP contribution in [-0.2, 0) is 11.2 Å². The van der Waals surface area contributed by atoms with Crippen molar-refractivity contribution < 1.29 is 4.79 Å². The van der Waals surface area contributed by atoms with E-state index in [1.165, 1.54) is 5.56 Å². The molecule has 0 bridgehead atoms. The topological polar surface area (TPSA) is 71.8 Å². The number of rotatable bonds is 4. The number of hydrogen-bond acceptors (Lipinski definition) is 4. The summed E-state index contributed by atoms with van der Waals surface area (Å²) in [4.78, 5) is 11.7. The fraction of sp³-hybridized carbons (Fsp3) is 0.471. The maximum absolute atomic E-state index is 11.7. The van der Waals surface area contributed by atoms with Crippen molar-refractivity contribution in [3.8, 4) is 0 Å². The van der Waals surface area contributed by atoms with E-state index < -0.39 is 0 Å². The number of carbonyl (C=O) groups is 1. The highest BCUT2D eigenvalue weighted by Crippen LogP contribution is 2.27. The number of aromatic nitrogens is 3. The SMILES string of the molecule is CCc1ccc(C(C)n2cc(C3CC(=O)NC(C)N3)nn2)c(Cl)c1. The molecule has 3 atom stereocenters. The highest BCUT2D eigenvalue weighted by molar-refractivity contribution is 6.31. The first-order chi connectivity index (χ1) is 11.5. The Morgan fingerprint density at radius 3 is 2.92 bits per heavy atom. The predicted molar refractivity (Wildman–Crippen MR) is 92.8 cm³/mol. The van der Waals surface area contributed by atoms with Gasteiger partial charge in [-0.15, -0.1) is 5.10 Å². The molecule has 7 heteroatoms. The van der Waals surface area contributed by atoms with Gasteiger partial charge < -0.3 is 5.32 Å². The van der Waals surface area contributed by atoms with Crippen LogP contribution in [0.25, 0.3) is 0 Å². The molecule has 3 unspecified atom stereocenters. The van der Waals surface area contributed by atoms with E-state index in [0.717, 1.165) is 22.7 Å². The third kappa shape index (κ3) is 3.44. The van der Waals surface area contributed by atoms with Gasteiger partial charge in [0.2, 0.25) is 5.91 Å². The van der Waals surface area contributed by atoms with E-state index in [0.29, 0.717) is 6.42 Å². The van der Waals surface area contributed by atoms with Crippen molar-refractivity contribution in [3.05, 3.63) is 46.2 Å². The minimum atomic E-state index is -0.118. The van der Waals surface area contributed by atoms with Gasteiger partial charge in [-0.25, -0.2) is 4.68 Å². The third-order valence-electron chi connectivity index (χ3n) is 4.42. The summed E-state index contributed by atoms with van der Waals surface area (Å²) in [5.74, 6) is 0.0204. The zero-order valence-corrected chi connectivity index (χ0v) is 14.8. The minimum absolute atomic E-state index is 0.0204. The normalized spacial score (nSPS) is 22.2. The molecule has 1 aromatic carbocycles. The molecule has 0 spiro atoms. The fourth-order valence-electron chi connectivity index (χ4n) is 2.99.